The molecule has 0 heterocycles. The summed E-state index contributed by atoms with van der Waals surface area (Å²) in [5, 5.41) is 13.5. The Hall–Kier alpha value is -2.93. The molecule has 0 atom stereocenters. The van der Waals surface area contributed by atoms with Crippen LogP contribution in [0.2, 0.25) is 5.02 Å². The molecule has 23 heavy (non-hydrogen) atoms. The number of rotatable bonds is 5. The van der Waals surface area contributed by atoms with E-state index in [9.17, 15) is 19.7 Å². The van der Waals surface area contributed by atoms with Gasteiger partial charge in [0.1, 0.15) is 0 Å². The van der Waals surface area contributed by atoms with Crippen LogP contribution in [0.5, 0.6) is 0 Å². The number of anilines is 1. The molecule has 0 radical (unpaired) electrons. The molecule has 2 aromatic rings. The number of esters is 1. The molecule has 2 rings (SSSR count). The molecule has 1 N–H and O–H groups in total. The highest BCUT2D eigenvalue weighted by Gasteiger charge is 2.14. The monoisotopic (exact) mass is 334 g/mol. The molecule has 0 spiro atoms. The lowest BCUT2D eigenvalue weighted by Crippen LogP contribution is -2.21. The van der Waals surface area contributed by atoms with Crippen molar-refractivity contribution < 1.29 is 19.2 Å². The Labute approximate surface area is 136 Å². The Kier molecular flexibility index (Phi) is 5.27. The van der Waals surface area contributed by atoms with Crippen LogP contribution in [0.4, 0.5) is 11.4 Å². The normalized spacial score (nSPS) is 9.96. The Morgan fingerprint density at radius 2 is 1.91 bits per heavy atom. The van der Waals surface area contributed by atoms with Gasteiger partial charge in [-0.2, -0.15) is 0 Å². The standard InChI is InChI=1S/C15H11ClN2O5/c16-12-6-1-2-7-13(12)17-14(19)9-23-15(20)10-4-3-5-11(8-10)18(21)22/h1-8H,9H2,(H,17,19). The third-order valence-corrected chi connectivity index (χ3v) is 3.10. The maximum absolute atomic E-state index is 11.8. The molecule has 0 aromatic heterocycles. The number of nitro benzene ring substituents is 1. The number of halogens is 1. The van der Waals surface area contributed by atoms with E-state index in [1.54, 1.807) is 24.3 Å². The zero-order chi connectivity index (χ0) is 16.8. The molecule has 0 saturated carbocycles. The van der Waals surface area contributed by atoms with E-state index in [-0.39, 0.29) is 11.3 Å². The van der Waals surface area contributed by atoms with Crippen molar-refractivity contribution in [3.8, 4) is 0 Å². The maximum Gasteiger partial charge on any atom is 0.338 e. The number of nitro groups is 1. The van der Waals surface area contributed by atoms with Gasteiger partial charge in [0, 0.05) is 12.1 Å². The summed E-state index contributed by atoms with van der Waals surface area (Å²) in [4.78, 5) is 33.5. The van der Waals surface area contributed by atoms with Crippen LogP contribution in [0.3, 0.4) is 0 Å². The highest BCUT2D eigenvalue weighted by Crippen LogP contribution is 2.20. The number of ether oxygens (including phenoxy) is 1. The highest BCUT2D eigenvalue weighted by atomic mass is 35.5. The van der Waals surface area contributed by atoms with E-state index in [0.717, 1.165) is 6.07 Å². The SMILES string of the molecule is O=C(COC(=O)c1cccc([N+](=O)[O-])c1)Nc1ccccc1Cl. The molecular formula is C15H11ClN2O5. The lowest BCUT2D eigenvalue weighted by Gasteiger charge is -2.07. The molecule has 7 nitrogen and oxygen atoms in total. The number of amides is 1. The summed E-state index contributed by atoms with van der Waals surface area (Å²) >= 11 is 5.89. The van der Waals surface area contributed by atoms with Crippen molar-refractivity contribution in [3.05, 3.63) is 69.2 Å². The predicted octanol–water partition coefficient (Wildman–Crippen LogP) is 3.04. The first-order chi connectivity index (χ1) is 11.0. The Bertz CT molecular complexity index is 763. The topological polar surface area (TPSA) is 98.5 Å². The van der Waals surface area contributed by atoms with E-state index in [0.29, 0.717) is 10.7 Å². The zero-order valence-corrected chi connectivity index (χ0v) is 12.4. The molecule has 0 fully saturated rings. The number of hydrogen-bond donors (Lipinski definition) is 1. The van der Waals surface area contributed by atoms with Gasteiger partial charge in [-0.25, -0.2) is 4.79 Å². The fraction of sp³-hybridized carbons (Fsp3) is 0.0667. The summed E-state index contributed by atoms with van der Waals surface area (Å²) < 4.78 is 4.82. The average molecular weight is 335 g/mol. The highest BCUT2D eigenvalue weighted by molar-refractivity contribution is 6.33. The van der Waals surface area contributed by atoms with Gasteiger partial charge in [0.2, 0.25) is 0 Å². The lowest BCUT2D eigenvalue weighted by atomic mass is 10.2. The van der Waals surface area contributed by atoms with Gasteiger partial charge in [-0.15, -0.1) is 0 Å². The number of hydrogen-bond acceptors (Lipinski definition) is 5. The average Bonchev–Trinajstić information content (AvgIpc) is 2.55. The van der Waals surface area contributed by atoms with Crippen molar-refractivity contribution in [1.82, 2.24) is 0 Å². The summed E-state index contributed by atoms with van der Waals surface area (Å²) in [6.45, 7) is -0.535. The molecule has 0 unspecified atom stereocenters. The Morgan fingerprint density at radius 3 is 2.61 bits per heavy atom. The summed E-state index contributed by atoms with van der Waals surface area (Å²) in [6, 6.07) is 11.7. The van der Waals surface area contributed by atoms with E-state index < -0.39 is 23.4 Å². The van der Waals surface area contributed by atoms with Crippen LogP contribution >= 0.6 is 11.6 Å². The molecule has 1 amide bonds. The minimum Gasteiger partial charge on any atom is -0.452 e. The first kappa shape index (κ1) is 16.4. The second-order valence-electron chi connectivity index (χ2n) is 4.41. The van der Waals surface area contributed by atoms with E-state index >= 15 is 0 Å². The first-order valence-electron chi connectivity index (χ1n) is 6.43. The van der Waals surface area contributed by atoms with Gasteiger partial charge in [-0.1, -0.05) is 29.8 Å². The largest absolute Gasteiger partial charge is 0.452 e. The number of nitrogens with one attached hydrogen (secondary N) is 1. The molecule has 8 heteroatoms. The van der Waals surface area contributed by atoms with E-state index in [2.05, 4.69) is 5.32 Å². The predicted molar refractivity (Wildman–Crippen MR) is 83.5 cm³/mol. The van der Waals surface area contributed by atoms with Crippen LogP contribution in [0.25, 0.3) is 0 Å². The zero-order valence-electron chi connectivity index (χ0n) is 11.7. The third-order valence-electron chi connectivity index (χ3n) is 2.77. The molecule has 0 bridgehead atoms. The van der Waals surface area contributed by atoms with Crippen LogP contribution < -0.4 is 5.32 Å². The molecule has 0 saturated heterocycles. The lowest BCUT2D eigenvalue weighted by molar-refractivity contribution is -0.384. The van der Waals surface area contributed by atoms with Crippen molar-refractivity contribution in [3.63, 3.8) is 0 Å². The first-order valence-corrected chi connectivity index (χ1v) is 6.81. The fourth-order valence-corrected chi connectivity index (χ4v) is 1.89. The second kappa shape index (κ2) is 7.37. The molecule has 0 aliphatic heterocycles. The van der Waals surface area contributed by atoms with Crippen LogP contribution in [0.1, 0.15) is 10.4 Å². The van der Waals surface area contributed by atoms with Crippen molar-refractivity contribution in [1.29, 1.82) is 0 Å². The van der Waals surface area contributed by atoms with Gasteiger partial charge in [0.25, 0.3) is 11.6 Å². The summed E-state index contributed by atoms with van der Waals surface area (Å²) in [6.07, 6.45) is 0. The second-order valence-corrected chi connectivity index (χ2v) is 4.82. The summed E-state index contributed by atoms with van der Waals surface area (Å²) in [7, 11) is 0. The smallest absolute Gasteiger partial charge is 0.338 e. The van der Waals surface area contributed by atoms with Crippen molar-refractivity contribution in [2.75, 3.05) is 11.9 Å². The molecule has 0 aliphatic carbocycles. The number of benzene rings is 2. The number of carbonyl (C=O) groups excluding carboxylic acids is 2. The summed E-state index contributed by atoms with van der Waals surface area (Å²) in [5.41, 5.74) is 0.148. The van der Waals surface area contributed by atoms with Crippen LogP contribution in [0, 0.1) is 10.1 Å². The number of carbonyl (C=O) groups is 2. The molecule has 2 aromatic carbocycles. The number of nitrogens with zero attached hydrogens (tertiary/aromatic N) is 1. The van der Waals surface area contributed by atoms with Gasteiger partial charge >= 0.3 is 5.97 Å². The quantitative estimate of drug-likeness (QED) is 0.514. The van der Waals surface area contributed by atoms with E-state index in [1.807, 2.05) is 0 Å². The fourth-order valence-electron chi connectivity index (χ4n) is 1.71. The van der Waals surface area contributed by atoms with Gasteiger partial charge in [-0.05, 0) is 18.2 Å². The van der Waals surface area contributed by atoms with Crippen molar-refractivity contribution in [2.24, 2.45) is 0 Å². The molecule has 0 aliphatic rings. The number of para-hydroxylation sites is 1. The van der Waals surface area contributed by atoms with Gasteiger partial charge < -0.3 is 10.1 Å². The van der Waals surface area contributed by atoms with E-state index in [1.165, 1.54) is 18.2 Å². The van der Waals surface area contributed by atoms with E-state index in [4.69, 9.17) is 16.3 Å². The van der Waals surface area contributed by atoms with Gasteiger partial charge in [-0.3, -0.25) is 14.9 Å². The van der Waals surface area contributed by atoms with Crippen LogP contribution in [-0.2, 0) is 9.53 Å². The molecule has 118 valence electrons. The number of non-ortho nitro benzene ring substituents is 1. The maximum atomic E-state index is 11.8. The Morgan fingerprint density at radius 1 is 1.17 bits per heavy atom. The van der Waals surface area contributed by atoms with Gasteiger partial charge in [0.05, 0.1) is 21.2 Å². The minimum absolute atomic E-state index is 0.00950. The molecular weight excluding hydrogens is 324 g/mol. The third kappa shape index (κ3) is 4.52. The van der Waals surface area contributed by atoms with Crippen LogP contribution in [0.15, 0.2) is 48.5 Å². The van der Waals surface area contributed by atoms with Crippen molar-refractivity contribution in [2.45, 2.75) is 0 Å². The van der Waals surface area contributed by atoms with Gasteiger partial charge in [0.15, 0.2) is 6.61 Å². The minimum atomic E-state index is -0.831. The van der Waals surface area contributed by atoms with Crippen LogP contribution in [-0.4, -0.2) is 23.4 Å². The Balaban J connectivity index is 1.94. The van der Waals surface area contributed by atoms with Crippen molar-refractivity contribution >= 4 is 34.9 Å². The summed E-state index contributed by atoms with van der Waals surface area (Å²) in [5.74, 6) is -1.40.